The van der Waals surface area contributed by atoms with Crippen molar-refractivity contribution in [2.75, 3.05) is 23.7 Å². The Labute approximate surface area is 167 Å². The lowest BCUT2D eigenvalue weighted by Gasteiger charge is -2.40. The summed E-state index contributed by atoms with van der Waals surface area (Å²) in [5.74, 6) is 0.277. The van der Waals surface area contributed by atoms with Crippen LogP contribution in [0, 0.1) is 18.7 Å². The molecule has 2 aliphatic rings. The van der Waals surface area contributed by atoms with Gasteiger partial charge in [0.25, 0.3) is 5.91 Å². The fourth-order valence-electron chi connectivity index (χ4n) is 4.16. The second-order valence-electron chi connectivity index (χ2n) is 7.68. The molecule has 1 aromatic carbocycles. The number of carbonyl (C=O) groups is 2. The first-order valence-electron chi connectivity index (χ1n) is 9.59. The maximum atomic E-state index is 13.3. The van der Waals surface area contributed by atoms with Gasteiger partial charge >= 0.3 is 6.03 Å². The van der Waals surface area contributed by atoms with E-state index in [2.05, 4.69) is 20.6 Å². The first kappa shape index (κ1) is 19.1. The number of carbonyl (C=O) groups excluding carboxylic acids is 2. The highest BCUT2D eigenvalue weighted by molar-refractivity contribution is 6.07. The minimum Gasteiger partial charge on any atom is -0.383 e. The number of amides is 3. The van der Waals surface area contributed by atoms with Gasteiger partial charge in [0.1, 0.15) is 17.2 Å². The smallest absolute Gasteiger partial charge is 0.322 e. The average Bonchev–Trinajstić information content (AvgIpc) is 3.00. The largest absolute Gasteiger partial charge is 0.383 e. The maximum absolute atomic E-state index is 13.3. The second-order valence-corrected chi connectivity index (χ2v) is 7.68. The third-order valence-electron chi connectivity index (χ3n) is 5.84. The zero-order valence-electron chi connectivity index (χ0n) is 16.1. The molecular formula is C20H23FN6O2. The van der Waals surface area contributed by atoms with Gasteiger partial charge in [0.2, 0.25) is 5.95 Å². The number of nitrogens with zero attached hydrogens (tertiary/aromatic N) is 3. The van der Waals surface area contributed by atoms with Crippen LogP contribution in [0.25, 0.3) is 0 Å². The molecule has 0 unspecified atom stereocenters. The van der Waals surface area contributed by atoms with Crippen LogP contribution in [-0.2, 0) is 11.2 Å². The zero-order valence-corrected chi connectivity index (χ0v) is 16.1. The van der Waals surface area contributed by atoms with E-state index in [4.69, 9.17) is 5.73 Å². The molecule has 0 aliphatic carbocycles. The lowest BCUT2D eigenvalue weighted by atomic mass is 9.74. The Morgan fingerprint density at radius 1 is 1.24 bits per heavy atom. The molecule has 4 rings (SSSR count). The number of aromatic nitrogens is 2. The van der Waals surface area contributed by atoms with E-state index < -0.39 is 11.6 Å². The summed E-state index contributed by atoms with van der Waals surface area (Å²) in [5.41, 5.74) is 6.47. The molecule has 0 saturated carbocycles. The lowest BCUT2D eigenvalue weighted by molar-refractivity contribution is -0.126. The Bertz CT molecular complexity index is 942. The first-order chi connectivity index (χ1) is 13.9. The van der Waals surface area contributed by atoms with Crippen molar-refractivity contribution in [1.82, 2.24) is 20.6 Å². The van der Waals surface area contributed by atoms with Crippen LogP contribution in [-0.4, -0.2) is 40.5 Å². The van der Waals surface area contributed by atoms with Crippen molar-refractivity contribution in [3.8, 4) is 0 Å². The minimum atomic E-state index is -1.05. The topological polar surface area (TPSA) is 113 Å². The third kappa shape index (κ3) is 3.59. The molecule has 2 saturated heterocycles. The number of benzene rings is 1. The SMILES string of the molecule is Cc1cnc(N2CCC([C@]3(Cc4ccc(F)cc4)NC(=O)NC3=O)CC2)nc1N. The zero-order chi connectivity index (χ0) is 20.6. The van der Waals surface area contributed by atoms with E-state index in [1.54, 1.807) is 18.3 Å². The highest BCUT2D eigenvalue weighted by atomic mass is 19.1. The Balaban J connectivity index is 1.53. The number of rotatable bonds is 4. The number of halogens is 1. The standard InChI is InChI=1S/C20H23FN6O2/c1-12-11-23-18(24-16(12)22)27-8-6-14(7-9-27)20(17(28)25-19(29)26-20)10-13-2-4-15(21)5-3-13/h2-5,11,14H,6-10H2,1H3,(H2,22,23,24)(H2,25,26,28,29)/t20-/m0/s1. The molecule has 1 aromatic heterocycles. The number of urea groups is 1. The van der Waals surface area contributed by atoms with Crippen LogP contribution in [0.5, 0.6) is 0 Å². The van der Waals surface area contributed by atoms with Crippen molar-refractivity contribution >= 4 is 23.7 Å². The summed E-state index contributed by atoms with van der Waals surface area (Å²) in [6.07, 6.45) is 3.35. The van der Waals surface area contributed by atoms with E-state index in [-0.39, 0.29) is 17.6 Å². The molecule has 0 spiro atoms. The van der Waals surface area contributed by atoms with E-state index in [0.29, 0.717) is 44.1 Å². The van der Waals surface area contributed by atoms with Gasteiger partial charge in [-0.05, 0) is 43.4 Å². The van der Waals surface area contributed by atoms with Crippen LogP contribution >= 0.6 is 0 Å². The summed E-state index contributed by atoms with van der Waals surface area (Å²) >= 11 is 0. The lowest BCUT2D eigenvalue weighted by Crippen LogP contribution is -2.57. The molecule has 3 heterocycles. The van der Waals surface area contributed by atoms with Gasteiger partial charge < -0.3 is 16.0 Å². The van der Waals surface area contributed by atoms with Crippen molar-refractivity contribution in [2.24, 2.45) is 5.92 Å². The molecular weight excluding hydrogens is 375 g/mol. The Hall–Kier alpha value is -3.23. The van der Waals surface area contributed by atoms with Crippen molar-refractivity contribution in [1.29, 1.82) is 0 Å². The summed E-state index contributed by atoms with van der Waals surface area (Å²) in [6.45, 7) is 3.13. The van der Waals surface area contributed by atoms with Crippen LogP contribution in [0.15, 0.2) is 30.5 Å². The summed E-state index contributed by atoms with van der Waals surface area (Å²) in [6, 6.07) is 5.52. The van der Waals surface area contributed by atoms with Gasteiger partial charge in [-0.15, -0.1) is 0 Å². The minimum absolute atomic E-state index is 0.0713. The fraction of sp³-hybridized carbons (Fsp3) is 0.400. The fourth-order valence-corrected chi connectivity index (χ4v) is 4.16. The van der Waals surface area contributed by atoms with E-state index >= 15 is 0 Å². The molecule has 2 aromatic rings. The number of hydrogen-bond donors (Lipinski definition) is 3. The number of piperidine rings is 1. The van der Waals surface area contributed by atoms with Crippen molar-refractivity contribution in [2.45, 2.75) is 31.7 Å². The number of nitrogens with one attached hydrogen (secondary N) is 2. The van der Waals surface area contributed by atoms with Crippen molar-refractivity contribution in [3.05, 3.63) is 47.4 Å². The van der Waals surface area contributed by atoms with Crippen LogP contribution in [0.1, 0.15) is 24.0 Å². The number of imide groups is 1. The molecule has 0 bridgehead atoms. The van der Waals surface area contributed by atoms with Crippen LogP contribution in [0.3, 0.4) is 0 Å². The Kier molecular flexibility index (Phi) is 4.81. The van der Waals surface area contributed by atoms with Crippen LogP contribution in [0.4, 0.5) is 21.0 Å². The summed E-state index contributed by atoms with van der Waals surface area (Å²) in [5, 5.41) is 5.23. The van der Waals surface area contributed by atoms with E-state index in [9.17, 15) is 14.0 Å². The quantitative estimate of drug-likeness (QED) is 0.674. The molecule has 8 nitrogen and oxygen atoms in total. The van der Waals surface area contributed by atoms with Crippen molar-refractivity contribution < 1.29 is 14.0 Å². The molecule has 0 radical (unpaired) electrons. The first-order valence-corrected chi connectivity index (χ1v) is 9.59. The average molecular weight is 398 g/mol. The summed E-state index contributed by atoms with van der Waals surface area (Å²) < 4.78 is 13.3. The highest BCUT2D eigenvalue weighted by Gasteiger charge is 2.52. The molecule has 3 amide bonds. The summed E-state index contributed by atoms with van der Waals surface area (Å²) in [7, 11) is 0. The predicted molar refractivity (Wildman–Crippen MR) is 106 cm³/mol. The maximum Gasteiger partial charge on any atom is 0.322 e. The Morgan fingerprint density at radius 2 is 1.93 bits per heavy atom. The molecule has 29 heavy (non-hydrogen) atoms. The van der Waals surface area contributed by atoms with Gasteiger partial charge in [0, 0.05) is 31.3 Å². The number of hydrogen-bond acceptors (Lipinski definition) is 6. The molecule has 1 atom stereocenters. The van der Waals surface area contributed by atoms with Gasteiger partial charge in [-0.1, -0.05) is 12.1 Å². The molecule has 152 valence electrons. The van der Waals surface area contributed by atoms with Gasteiger partial charge in [0.15, 0.2) is 0 Å². The molecule has 9 heteroatoms. The Morgan fingerprint density at radius 3 is 2.52 bits per heavy atom. The van der Waals surface area contributed by atoms with E-state index in [1.165, 1.54) is 12.1 Å². The monoisotopic (exact) mass is 398 g/mol. The van der Waals surface area contributed by atoms with Crippen LogP contribution in [0.2, 0.25) is 0 Å². The number of anilines is 2. The molecule has 4 N–H and O–H groups in total. The van der Waals surface area contributed by atoms with Crippen molar-refractivity contribution in [3.63, 3.8) is 0 Å². The summed E-state index contributed by atoms with van der Waals surface area (Å²) in [4.78, 5) is 35.5. The second kappa shape index (κ2) is 7.31. The number of aryl methyl sites for hydroxylation is 1. The van der Waals surface area contributed by atoms with E-state index in [1.807, 2.05) is 11.8 Å². The predicted octanol–water partition coefficient (Wildman–Crippen LogP) is 1.54. The third-order valence-corrected chi connectivity index (χ3v) is 5.84. The highest BCUT2D eigenvalue weighted by Crippen LogP contribution is 2.34. The van der Waals surface area contributed by atoms with Crippen LogP contribution < -0.4 is 21.3 Å². The normalized spacial score (nSPS) is 22.5. The molecule has 2 fully saturated rings. The van der Waals surface area contributed by atoms with Gasteiger partial charge in [0.05, 0.1) is 0 Å². The molecule has 2 aliphatic heterocycles. The van der Waals surface area contributed by atoms with Gasteiger partial charge in [-0.3, -0.25) is 10.1 Å². The number of nitrogens with two attached hydrogens (primary N) is 1. The van der Waals surface area contributed by atoms with E-state index in [0.717, 1.165) is 11.1 Å². The number of nitrogen functional groups attached to an aromatic ring is 1. The van der Waals surface area contributed by atoms with Gasteiger partial charge in [-0.2, -0.15) is 4.98 Å². The van der Waals surface area contributed by atoms with Gasteiger partial charge in [-0.25, -0.2) is 14.2 Å².